The van der Waals surface area contributed by atoms with Gasteiger partial charge in [0, 0.05) is 88.4 Å². The predicted octanol–water partition coefficient (Wildman–Crippen LogP) is 5.25. The number of anilines is 2. The first-order valence-electron chi connectivity index (χ1n) is 17.6. The van der Waals surface area contributed by atoms with Gasteiger partial charge in [0.2, 0.25) is 5.91 Å². The highest BCUT2D eigenvalue weighted by Gasteiger charge is 2.44. The molecule has 4 fully saturated rings. The molecule has 10 nitrogen and oxygen atoms in total. The van der Waals surface area contributed by atoms with Crippen LogP contribution in [0.15, 0.2) is 36.4 Å². The molecule has 0 saturated carbocycles. The van der Waals surface area contributed by atoms with Crippen molar-refractivity contribution in [3.8, 4) is 0 Å². The highest BCUT2D eigenvalue weighted by atomic mass is 35.5. The summed E-state index contributed by atoms with van der Waals surface area (Å²) in [6.45, 7) is 2.85. The van der Waals surface area contributed by atoms with Gasteiger partial charge in [0.05, 0.1) is 16.3 Å². The van der Waals surface area contributed by atoms with Crippen LogP contribution in [0, 0.1) is 0 Å². The first kappa shape index (κ1) is 34.9. The number of carbonyl (C=O) groups excluding carboxylic acids is 3. The van der Waals surface area contributed by atoms with E-state index in [1.807, 2.05) is 24.3 Å². The first-order chi connectivity index (χ1) is 23.9. The summed E-state index contributed by atoms with van der Waals surface area (Å²) in [4.78, 5) is 46.1. The van der Waals surface area contributed by atoms with E-state index in [9.17, 15) is 27.6 Å². The molecule has 7 rings (SSSR count). The van der Waals surface area contributed by atoms with Gasteiger partial charge in [0.1, 0.15) is 0 Å². The molecule has 0 aliphatic carbocycles. The van der Waals surface area contributed by atoms with Crippen molar-refractivity contribution in [1.29, 1.82) is 0 Å². The van der Waals surface area contributed by atoms with Gasteiger partial charge in [0.25, 0.3) is 5.91 Å². The second-order valence-electron chi connectivity index (χ2n) is 14.5. The summed E-state index contributed by atoms with van der Waals surface area (Å²) in [5, 5.41) is 8.99. The van der Waals surface area contributed by atoms with Crippen molar-refractivity contribution >= 4 is 40.9 Å². The van der Waals surface area contributed by atoms with Crippen molar-refractivity contribution in [2.45, 2.75) is 87.2 Å². The molecular weight excluding hydrogens is 673 g/mol. The topological polar surface area (TPSA) is 106 Å². The minimum absolute atomic E-state index is 0.0702. The Hall–Kier alpha value is -3.55. The van der Waals surface area contributed by atoms with Crippen molar-refractivity contribution in [3.05, 3.63) is 58.1 Å². The normalized spacial score (nSPS) is 25.5. The summed E-state index contributed by atoms with van der Waals surface area (Å²) in [6.07, 6.45) is -1.08. The van der Waals surface area contributed by atoms with Crippen LogP contribution in [-0.4, -0.2) is 103 Å². The zero-order valence-electron chi connectivity index (χ0n) is 28.2. The molecular formula is C36H44ClF3N6O4. The maximum Gasteiger partial charge on any atom is 0.418 e. The van der Waals surface area contributed by atoms with Gasteiger partial charge in [0.15, 0.2) is 6.10 Å². The van der Waals surface area contributed by atoms with Gasteiger partial charge in [-0.2, -0.15) is 13.2 Å². The zero-order valence-corrected chi connectivity index (χ0v) is 28.9. The van der Waals surface area contributed by atoms with Crippen LogP contribution >= 0.6 is 11.6 Å². The maximum absolute atomic E-state index is 14.1. The third-order valence-corrected chi connectivity index (χ3v) is 11.8. The second kappa shape index (κ2) is 13.9. The largest absolute Gasteiger partial charge is 0.436 e. The average Bonchev–Trinajstić information content (AvgIpc) is 3.44. The van der Waals surface area contributed by atoms with Crippen molar-refractivity contribution in [3.63, 3.8) is 0 Å². The van der Waals surface area contributed by atoms with Crippen LogP contribution in [0.5, 0.6) is 0 Å². The van der Waals surface area contributed by atoms with E-state index < -0.39 is 35.3 Å². The minimum Gasteiger partial charge on any atom is -0.436 e. The summed E-state index contributed by atoms with van der Waals surface area (Å²) < 4.78 is 48.1. The number of hydrogen-bond acceptors (Lipinski definition) is 7. The van der Waals surface area contributed by atoms with E-state index >= 15 is 0 Å². The number of para-hydroxylation sites is 1. The molecule has 270 valence electrons. The number of alkyl halides is 3. The van der Waals surface area contributed by atoms with Crippen molar-refractivity contribution in [1.82, 2.24) is 20.0 Å². The summed E-state index contributed by atoms with van der Waals surface area (Å²) in [5.41, 5.74) is 0.323. The Balaban J connectivity index is 1.07. The van der Waals surface area contributed by atoms with E-state index in [0.717, 1.165) is 30.2 Å². The van der Waals surface area contributed by atoms with Gasteiger partial charge < -0.3 is 30.5 Å². The van der Waals surface area contributed by atoms with Gasteiger partial charge in [-0.15, -0.1) is 0 Å². The van der Waals surface area contributed by atoms with Crippen molar-refractivity contribution in [2.24, 2.45) is 0 Å². The molecule has 0 radical (unpaired) electrons. The number of nitrogens with zero attached hydrogens (tertiary/aromatic N) is 3. The lowest BCUT2D eigenvalue weighted by Crippen LogP contribution is -2.57. The van der Waals surface area contributed by atoms with Crippen molar-refractivity contribution < 1.29 is 32.3 Å². The highest BCUT2D eigenvalue weighted by molar-refractivity contribution is 6.33. The Bertz CT molecular complexity index is 1610. The summed E-state index contributed by atoms with van der Waals surface area (Å²) in [6, 6.07) is 11.6. The molecule has 3 N–H and O–H groups in total. The van der Waals surface area contributed by atoms with E-state index in [1.54, 1.807) is 4.90 Å². The monoisotopic (exact) mass is 716 g/mol. The Labute approximate surface area is 295 Å². The molecule has 5 aliphatic rings. The van der Waals surface area contributed by atoms with Gasteiger partial charge in [-0.05, 0) is 67.9 Å². The highest BCUT2D eigenvalue weighted by Crippen LogP contribution is 2.45. The SMILES string of the molecule is CNc1c(Cl)cc(C[C@@H](OC(=O)N2CCC3(CC2)CC(=O)Nc2ccccc23)C(=O)N2CCN(C3CC4CCC(C3)N4)CC2)cc1C(F)(F)F. The van der Waals surface area contributed by atoms with E-state index in [-0.39, 0.29) is 28.6 Å². The van der Waals surface area contributed by atoms with Crippen LogP contribution < -0.4 is 16.0 Å². The Morgan fingerprint density at radius 1 is 1.02 bits per heavy atom. The predicted molar refractivity (Wildman–Crippen MR) is 183 cm³/mol. The number of benzene rings is 2. The molecule has 3 atom stereocenters. The molecule has 2 bridgehead atoms. The number of rotatable bonds is 6. The van der Waals surface area contributed by atoms with E-state index in [0.29, 0.717) is 76.7 Å². The van der Waals surface area contributed by atoms with E-state index in [2.05, 4.69) is 20.9 Å². The van der Waals surface area contributed by atoms with Gasteiger partial charge in [-0.25, -0.2) is 4.79 Å². The quantitative estimate of drug-likeness (QED) is 0.375. The number of halogens is 4. The standard InChI is InChI=1S/C36H44ClF3N6O4/c1-41-32-27(36(38,39)40)16-22(17-28(32)37)18-30(33(48)45-14-12-44(13-15-45)25-19-23-6-7-24(20-25)42-23)50-34(49)46-10-8-35(9-11-46)21-31(47)43-29-5-3-2-4-26(29)35/h2-5,16-17,23-25,30,41-42H,6-15,18-21H2,1H3,(H,43,47)/t23?,24?,25?,30-/m1/s1. The molecule has 4 saturated heterocycles. The molecule has 2 aromatic rings. The summed E-state index contributed by atoms with van der Waals surface area (Å²) in [7, 11) is 1.36. The molecule has 2 aromatic carbocycles. The van der Waals surface area contributed by atoms with Gasteiger partial charge >= 0.3 is 12.3 Å². The third-order valence-electron chi connectivity index (χ3n) is 11.5. The number of hydrogen-bond donors (Lipinski definition) is 3. The third kappa shape index (κ3) is 7.01. The fourth-order valence-corrected chi connectivity index (χ4v) is 9.24. The van der Waals surface area contributed by atoms with Crippen LogP contribution in [0.1, 0.15) is 61.6 Å². The Kier molecular flexibility index (Phi) is 9.68. The lowest BCUT2D eigenvalue weighted by molar-refractivity contribution is -0.143. The smallest absolute Gasteiger partial charge is 0.418 e. The van der Waals surface area contributed by atoms with E-state index in [4.69, 9.17) is 16.3 Å². The molecule has 1 spiro atoms. The minimum atomic E-state index is -4.70. The first-order valence-corrected chi connectivity index (χ1v) is 18.0. The number of piperidine rings is 2. The summed E-state index contributed by atoms with van der Waals surface area (Å²) in [5.74, 6) is -0.503. The fraction of sp³-hybridized carbons (Fsp3) is 0.583. The maximum atomic E-state index is 14.1. The molecule has 3 amide bonds. The Morgan fingerprint density at radius 3 is 2.36 bits per heavy atom. The van der Waals surface area contributed by atoms with Crippen LogP contribution in [0.25, 0.3) is 0 Å². The number of fused-ring (bicyclic) bond motifs is 4. The molecule has 50 heavy (non-hydrogen) atoms. The number of carbonyl (C=O) groups is 3. The van der Waals surface area contributed by atoms with Gasteiger partial charge in [-0.3, -0.25) is 14.5 Å². The number of piperazine rings is 1. The van der Waals surface area contributed by atoms with E-state index in [1.165, 1.54) is 30.9 Å². The van der Waals surface area contributed by atoms with Gasteiger partial charge in [-0.1, -0.05) is 29.8 Å². The molecule has 2 unspecified atom stereocenters. The molecule has 0 aromatic heterocycles. The fourth-order valence-electron chi connectivity index (χ4n) is 8.90. The number of ether oxygens (including phenoxy) is 1. The lowest BCUT2D eigenvalue weighted by atomic mass is 9.68. The molecule has 5 heterocycles. The van der Waals surface area contributed by atoms with Crippen LogP contribution in [0.2, 0.25) is 5.02 Å². The number of amides is 3. The summed E-state index contributed by atoms with van der Waals surface area (Å²) >= 11 is 6.30. The van der Waals surface area contributed by atoms with Crippen LogP contribution in [0.3, 0.4) is 0 Å². The lowest BCUT2D eigenvalue weighted by Gasteiger charge is -2.45. The molecule has 5 aliphatic heterocycles. The second-order valence-corrected chi connectivity index (χ2v) is 14.9. The molecule has 14 heteroatoms. The van der Waals surface area contributed by atoms with Crippen LogP contribution in [-0.2, 0) is 32.3 Å². The Morgan fingerprint density at radius 2 is 1.70 bits per heavy atom. The number of nitrogens with one attached hydrogen (secondary N) is 3. The number of likely N-dealkylation sites (tertiary alicyclic amines) is 1. The average molecular weight is 717 g/mol. The van der Waals surface area contributed by atoms with Crippen LogP contribution in [0.4, 0.5) is 29.3 Å². The van der Waals surface area contributed by atoms with Crippen molar-refractivity contribution in [2.75, 3.05) is 56.9 Å². The zero-order chi connectivity index (χ0) is 35.2.